The summed E-state index contributed by atoms with van der Waals surface area (Å²) in [6.45, 7) is 12.0. The van der Waals surface area contributed by atoms with Crippen LogP contribution in [0.25, 0.3) is 0 Å². The third-order valence-corrected chi connectivity index (χ3v) is 2.94. The van der Waals surface area contributed by atoms with Crippen LogP contribution in [-0.4, -0.2) is 14.8 Å². The Bertz CT molecular complexity index is 289. The van der Waals surface area contributed by atoms with Crippen LogP contribution in [0.5, 0.6) is 0 Å². The van der Waals surface area contributed by atoms with Crippen molar-refractivity contribution in [2.24, 2.45) is 11.8 Å². The van der Waals surface area contributed by atoms with E-state index >= 15 is 0 Å². The van der Waals surface area contributed by atoms with Crippen molar-refractivity contribution >= 4 is 0 Å². The maximum absolute atomic E-state index is 4.16. The molecule has 0 bridgehead atoms. The second-order valence-corrected chi connectivity index (χ2v) is 4.35. The van der Waals surface area contributed by atoms with Crippen molar-refractivity contribution in [2.45, 2.75) is 47.6 Å². The summed E-state index contributed by atoms with van der Waals surface area (Å²) in [4.78, 5) is 0. The highest BCUT2D eigenvalue weighted by Crippen LogP contribution is 2.14. The molecule has 1 rings (SSSR count). The fourth-order valence-corrected chi connectivity index (χ4v) is 1.42. The number of nitrogens with zero attached hydrogens (tertiary/aromatic N) is 3. The van der Waals surface area contributed by atoms with Crippen LogP contribution in [0.2, 0.25) is 0 Å². The standard InChI is InChI=1S/C11H21N3/c1-6-11-13-12-10(5)14(11)7-9(4)8(2)3/h8-9H,6-7H2,1-5H3. The maximum atomic E-state index is 4.16. The molecule has 1 aromatic rings. The van der Waals surface area contributed by atoms with Crippen molar-refractivity contribution in [1.29, 1.82) is 0 Å². The molecule has 0 spiro atoms. The van der Waals surface area contributed by atoms with E-state index < -0.39 is 0 Å². The summed E-state index contributed by atoms with van der Waals surface area (Å²) in [5, 5.41) is 8.27. The molecule has 1 aromatic heterocycles. The summed E-state index contributed by atoms with van der Waals surface area (Å²) in [7, 11) is 0. The highest BCUT2D eigenvalue weighted by Gasteiger charge is 2.12. The highest BCUT2D eigenvalue weighted by atomic mass is 15.3. The molecule has 0 saturated heterocycles. The molecule has 3 nitrogen and oxygen atoms in total. The molecular weight excluding hydrogens is 174 g/mol. The second-order valence-electron chi connectivity index (χ2n) is 4.35. The molecule has 0 aliphatic rings. The smallest absolute Gasteiger partial charge is 0.132 e. The minimum atomic E-state index is 0.676. The Labute approximate surface area is 86.5 Å². The molecule has 0 aliphatic carbocycles. The monoisotopic (exact) mass is 195 g/mol. The molecule has 3 heteroatoms. The van der Waals surface area contributed by atoms with E-state index in [1.807, 2.05) is 6.92 Å². The maximum Gasteiger partial charge on any atom is 0.132 e. The number of aryl methyl sites for hydroxylation is 2. The summed E-state index contributed by atoms with van der Waals surface area (Å²) in [5.41, 5.74) is 0. The molecule has 80 valence electrons. The summed E-state index contributed by atoms with van der Waals surface area (Å²) in [6.07, 6.45) is 0.964. The predicted molar refractivity (Wildman–Crippen MR) is 58.1 cm³/mol. The molecule has 0 radical (unpaired) electrons. The minimum Gasteiger partial charge on any atom is -0.315 e. The molecule has 0 aromatic carbocycles. The first kappa shape index (κ1) is 11.2. The zero-order valence-electron chi connectivity index (χ0n) is 9.91. The van der Waals surface area contributed by atoms with Gasteiger partial charge in [0.25, 0.3) is 0 Å². The third-order valence-electron chi connectivity index (χ3n) is 2.94. The van der Waals surface area contributed by atoms with E-state index in [0.29, 0.717) is 11.8 Å². The highest BCUT2D eigenvalue weighted by molar-refractivity contribution is 4.93. The lowest BCUT2D eigenvalue weighted by molar-refractivity contribution is 0.357. The number of aromatic nitrogens is 3. The molecular formula is C11H21N3. The average molecular weight is 195 g/mol. The molecule has 14 heavy (non-hydrogen) atoms. The molecule has 0 saturated carbocycles. The molecule has 0 fully saturated rings. The van der Waals surface area contributed by atoms with Gasteiger partial charge in [-0.15, -0.1) is 10.2 Å². The molecule has 0 N–H and O–H groups in total. The van der Waals surface area contributed by atoms with Crippen LogP contribution >= 0.6 is 0 Å². The molecule has 1 heterocycles. The Balaban J connectivity index is 2.79. The van der Waals surface area contributed by atoms with Crippen LogP contribution < -0.4 is 0 Å². The largest absolute Gasteiger partial charge is 0.315 e. The molecule has 0 amide bonds. The van der Waals surface area contributed by atoms with Crippen LogP contribution in [0.4, 0.5) is 0 Å². The first-order valence-corrected chi connectivity index (χ1v) is 5.44. The Morgan fingerprint density at radius 3 is 2.36 bits per heavy atom. The topological polar surface area (TPSA) is 30.7 Å². The van der Waals surface area contributed by atoms with E-state index in [4.69, 9.17) is 0 Å². The van der Waals surface area contributed by atoms with Crippen molar-refractivity contribution in [1.82, 2.24) is 14.8 Å². The minimum absolute atomic E-state index is 0.676. The third kappa shape index (κ3) is 2.34. The lowest BCUT2D eigenvalue weighted by Crippen LogP contribution is -2.16. The molecule has 1 atom stereocenters. The molecule has 0 aliphatic heterocycles. The lowest BCUT2D eigenvalue weighted by Gasteiger charge is -2.17. The van der Waals surface area contributed by atoms with Crippen LogP contribution in [0.3, 0.4) is 0 Å². The fraction of sp³-hybridized carbons (Fsp3) is 0.818. The van der Waals surface area contributed by atoms with Gasteiger partial charge in [-0.2, -0.15) is 0 Å². The number of hydrogen-bond acceptors (Lipinski definition) is 2. The van der Waals surface area contributed by atoms with Crippen LogP contribution in [0.1, 0.15) is 39.3 Å². The SMILES string of the molecule is CCc1nnc(C)n1CC(C)C(C)C. The van der Waals surface area contributed by atoms with E-state index in [2.05, 4.69) is 42.5 Å². The van der Waals surface area contributed by atoms with Crippen molar-refractivity contribution in [3.05, 3.63) is 11.6 Å². The Morgan fingerprint density at radius 1 is 1.21 bits per heavy atom. The number of hydrogen-bond donors (Lipinski definition) is 0. The Hall–Kier alpha value is -0.860. The van der Waals surface area contributed by atoms with E-state index in [9.17, 15) is 0 Å². The van der Waals surface area contributed by atoms with Gasteiger partial charge in [0.2, 0.25) is 0 Å². The van der Waals surface area contributed by atoms with Gasteiger partial charge < -0.3 is 4.57 Å². The van der Waals surface area contributed by atoms with Crippen molar-refractivity contribution in [3.8, 4) is 0 Å². The van der Waals surface area contributed by atoms with Gasteiger partial charge in [0.05, 0.1) is 0 Å². The zero-order chi connectivity index (χ0) is 10.7. The summed E-state index contributed by atoms with van der Waals surface area (Å²) in [6, 6.07) is 0. The first-order chi connectivity index (χ1) is 6.56. The Kier molecular flexibility index (Phi) is 3.67. The fourth-order valence-electron chi connectivity index (χ4n) is 1.42. The van der Waals surface area contributed by atoms with E-state index in [1.165, 1.54) is 0 Å². The zero-order valence-corrected chi connectivity index (χ0v) is 9.91. The lowest BCUT2D eigenvalue weighted by atomic mass is 9.98. The summed E-state index contributed by atoms with van der Waals surface area (Å²) >= 11 is 0. The van der Waals surface area contributed by atoms with Crippen molar-refractivity contribution in [2.75, 3.05) is 0 Å². The van der Waals surface area contributed by atoms with Gasteiger partial charge in [0.1, 0.15) is 11.6 Å². The van der Waals surface area contributed by atoms with Gasteiger partial charge in [-0.25, -0.2) is 0 Å². The average Bonchev–Trinajstić information content (AvgIpc) is 2.47. The van der Waals surface area contributed by atoms with Crippen molar-refractivity contribution < 1.29 is 0 Å². The van der Waals surface area contributed by atoms with Crippen LogP contribution in [0, 0.1) is 18.8 Å². The first-order valence-electron chi connectivity index (χ1n) is 5.44. The quantitative estimate of drug-likeness (QED) is 0.738. The summed E-state index contributed by atoms with van der Waals surface area (Å²) in [5.74, 6) is 3.53. The second kappa shape index (κ2) is 4.58. The van der Waals surface area contributed by atoms with Gasteiger partial charge in [-0.1, -0.05) is 27.7 Å². The van der Waals surface area contributed by atoms with Crippen LogP contribution in [0.15, 0.2) is 0 Å². The number of rotatable bonds is 4. The van der Waals surface area contributed by atoms with Crippen LogP contribution in [-0.2, 0) is 13.0 Å². The van der Waals surface area contributed by atoms with Crippen molar-refractivity contribution in [3.63, 3.8) is 0 Å². The normalized spacial score (nSPS) is 13.6. The van der Waals surface area contributed by atoms with Gasteiger partial charge in [-0.3, -0.25) is 0 Å². The van der Waals surface area contributed by atoms with Gasteiger partial charge >= 0.3 is 0 Å². The predicted octanol–water partition coefficient (Wildman–Crippen LogP) is 2.44. The Morgan fingerprint density at radius 2 is 1.86 bits per heavy atom. The van der Waals surface area contributed by atoms with E-state index in [-0.39, 0.29) is 0 Å². The van der Waals surface area contributed by atoms with E-state index in [1.54, 1.807) is 0 Å². The summed E-state index contributed by atoms with van der Waals surface area (Å²) < 4.78 is 2.24. The van der Waals surface area contributed by atoms with Gasteiger partial charge in [0, 0.05) is 13.0 Å². The van der Waals surface area contributed by atoms with Gasteiger partial charge in [-0.05, 0) is 18.8 Å². The van der Waals surface area contributed by atoms with Gasteiger partial charge in [0.15, 0.2) is 0 Å². The van der Waals surface area contributed by atoms with E-state index in [0.717, 1.165) is 24.6 Å². The molecule has 1 unspecified atom stereocenters.